The molecule has 1 N–H and O–H groups in total. The van der Waals surface area contributed by atoms with Gasteiger partial charge in [0.25, 0.3) is 0 Å². The summed E-state index contributed by atoms with van der Waals surface area (Å²) in [4.78, 5) is 2.64. The lowest BCUT2D eigenvalue weighted by Gasteiger charge is -2.52. The van der Waals surface area contributed by atoms with E-state index in [0.717, 1.165) is 13.1 Å². The van der Waals surface area contributed by atoms with Crippen LogP contribution in [0.4, 0.5) is 0 Å². The van der Waals surface area contributed by atoms with E-state index < -0.39 is 0 Å². The highest BCUT2D eigenvalue weighted by molar-refractivity contribution is 5.03. The maximum absolute atomic E-state index is 3.59. The van der Waals surface area contributed by atoms with Gasteiger partial charge in [0, 0.05) is 11.6 Å². The summed E-state index contributed by atoms with van der Waals surface area (Å²) in [5, 5.41) is 3.59. The first-order valence-corrected chi connectivity index (χ1v) is 7.26. The molecule has 2 nitrogen and oxygen atoms in total. The molecule has 0 heterocycles. The Bertz CT molecular complexity index is 197. The van der Waals surface area contributed by atoms with Crippen LogP contribution in [0.1, 0.15) is 61.3 Å². The topological polar surface area (TPSA) is 15.3 Å². The second-order valence-electron chi connectivity index (χ2n) is 6.07. The van der Waals surface area contributed by atoms with Gasteiger partial charge in [0.2, 0.25) is 0 Å². The molecule has 0 aliphatic rings. The summed E-state index contributed by atoms with van der Waals surface area (Å²) >= 11 is 0. The molecule has 2 heteroatoms. The molecule has 1 atom stereocenters. The van der Waals surface area contributed by atoms with Crippen molar-refractivity contribution in [1.29, 1.82) is 0 Å². The first-order valence-electron chi connectivity index (χ1n) is 7.26. The summed E-state index contributed by atoms with van der Waals surface area (Å²) < 4.78 is 0. The predicted octanol–water partition coefficient (Wildman–Crippen LogP) is 3.52. The van der Waals surface area contributed by atoms with Gasteiger partial charge >= 0.3 is 0 Å². The minimum atomic E-state index is 0.274. The Balaban J connectivity index is 5.42. The molecule has 0 rings (SSSR count). The van der Waals surface area contributed by atoms with Crippen LogP contribution in [0.3, 0.4) is 0 Å². The molecule has 0 aliphatic carbocycles. The smallest absolute Gasteiger partial charge is 0.0362 e. The van der Waals surface area contributed by atoms with E-state index >= 15 is 0 Å². The second kappa shape index (κ2) is 6.75. The van der Waals surface area contributed by atoms with Gasteiger partial charge < -0.3 is 5.32 Å². The molecule has 1 unspecified atom stereocenters. The molecule has 0 aliphatic heterocycles. The van der Waals surface area contributed by atoms with Crippen LogP contribution in [0.15, 0.2) is 0 Å². The Hall–Kier alpha value is -0.0800. The molecule has 0 spiro atoms. The number of rotatable bonds is 7. The Morgan fingerprint density at radius 2 is 1.35 bits per heavy atom. The molecule has 0 saturated carbocycles. The van der Waals surface area contributed by atoms with Crippen LogP contribution in [0.5, 0.6) is 0 Å². The SMILES string of the molecule is CCN(CC)C(CC)(CC)C(NC)C(C)(C)C. The molecule has 0 aromatic rings. The Morgan fingerprint density at radius 3 is 1.53 bits per heavy atom. The van der Waals surface area contributed by atoms with Crippen LogP contribution >= 0.6 is 0 Å². The monoisotopic (exact) mass is 242 g/mol. The standard InChI is InChI=1S/C15H34N2/c1-9-15(10-2,17(11-3)12-4)13(16-8)14(5,6)7/h13,16H,9-12H2,1-8H3. The molecular formula is C15H34N2. The van der Waals surface area contributed by atoms with E-state index in [1.807, 2.05) is 0 Å². The van der Waals surface area contributed by atoms with Crippen molar-refractivity contribution in [3.8, 4) is 0 Å². The lowest BCUT2D eigenvalue weighted by molar-refractivity contribution is 0.0106. The van der Waals surface area contributed by atoms with Crippen molar-refractivity contribution in [3.05, 3.63) is 0 Å². The summed E-state index contributed by atoms with van der Waals surface area (Å²) in [6.07, 6.45) is 2.40. The average Bonchev–Trinajstić information content (AvgIpc) is 2.27. The first kappa shape index (κ1) is 16.9. The summed E-state index contributed by atoms with van der Waals surface area (Å²) in [6, 6.07) is 0.518. The number of likely N-dealkylation sites (N-methyl/N-ethyl adjacent to an activating group) is 2. The van der Waals surface area contributed by atoms with Crippen molar-refractivity contribution in [2.45, 2.75) is 72.9 Å². The number of hydrogen-bond acceptors (Lipinski definition) is 2. The molecule has 0 fully saturated rings. The minimum absolute atomic E-state index is 0.274. The van der Waals surface area contributed by atoms with E-state index in [0.29, 0.717) is 6.04 Å². The predicted molar refractivity (Wildman–Crippen MR) is 78.5 cm³/mol. The van der Waals surface area contributed by atoms with Gasteiger partial charge in [-0.15, -0.1) is 0 Å². The summed E-state index contributed by atoms with van der Waals surface area (Å²) in [7, 11) is 2.11. The molecule has 0 amide bonds. The molecule has 0 bridgehead atoms. The second-order valence-corrected chi connectivity index (χ2v) is 6.07. The van der Waals surface area contributed by atoms with Crippen LogP contribution in [-0.4, -0.2) is 36.6 Å². The zero-order valence-corrected chi connectivity index (χ0v) is 13.4. The zero-order valence-electron chi connectivity index (χ0n) is 13.4. The van der Waals surface area contributed by atoms with E-state index in [1.54, 1.807) is 0 Å². The maximum Gasteiger partial charge on any atom is 0.0362 e. The van der Waals surface area contributed by atoms with Crippen LogP contribution in [0.2, 0.25) is 0 Å². The van der Waals surface area contributed by atoms with Crippen molar-refractivity contribution in [1.82, 2.24) is 10.2 Å². The van der Waals surface area contributed by atoms with Crippen molar-refractivity contribution < 1.29 is 0 Å². The Kier molecular flexibility index (Phi) is 6.71. The van der Waals surface area contributed by atoms with E-state index in [9.17, 15) is 0 Å². The van der Waals surface area contributed by atoms with Gasteiger partial charge in [-0.05, 0) is 38.4 Å². The zero-order chi connectivity index (χ0) is 13.7. The summed E-state index contributed by atoms with van der Waals surface area (Å²) in [6.45, 7) is 18.5. The maximum atomic E-state index is 3.59. The van der Waals surface area contributed by atoms with Gasteiger partial charge in [-0.2, -0.15) is 0 Å². The average molecular weight is 242 g/mol. The number of nitrogens with zero attached hydrogens (tertiary/aromatic N) is 1. The Labute approximate surface area is 109 Å². The normalized spacial score (nSPS) is 15.4. The molecule has 0 aromatic carbocycles. The fraction of sp³-hybridized carbons (Fsp3) is 1.00. The van der Waals surface area contributed by atoms with E-state index in [2.05, 4.69) is 65.7 Å². The van der Waals surface area contributed by atoms with Crippen LogP contribution in [0.25, 0.3) is 0 Å². The van der Waals surface area contributed by atoms with Crippen molar-refractivity contribution in [2.24, 2.45) is 5.41 Å². The summed E-state index contributed by atoms with van der Waals surface area (Å²) in [5.74, 6) is 0. The summed E-state index contributed by atoms with van der Waals surface area (Å²) in [5.41, 5.74) is 0.555. The highest BCUT2D eigenvalue weighted by Crippen LogP contribution is 2.36. The fourth-order valence-corrected chi connectivity index (χ4v) is 3.65. The fourth-order valence-electron chi connectivity index (χ4n) is 3.65. The molecule has 104 valence electrons. The van der Waals surface area contributed by atoms with Gasteiger partial charge in [-0.3, -0.25) is 4.90 Å². The molecular weight excluding hydrogens is 208 g/mol. The third kappa shape index (κ3) is 3.45. The lowest BCUT2D eigenvalue weighted by atomic mass is 9.70. The molecule has 0 saturated heterocycles. The molecule has 0 aromatic heterocycles. The van der Waals surface area contributed by atoms with Crippen LogP contribution < -0.4 is 5.32 Å². The minimum Gasteiger partial charge on any atom is -0.315 e. The van der Waals surface area contributed by atoms with Gasteiger partial charge in [0.1, 0.15) is 0 Å². The van der Waals surface area contributed by atoms with Crippen LogP contribution in [0, 0.1) is 5.41 Å². The highest BCUT2D eigenvalue weighted by atomic mass is 15.2. The number of hydrogen-bond donors (Lipinski definition) is 1. The van der Waals surface area contributed by atoms with E-state index in [-0.39, 0.29) is 11.0 Å². The van der Waals surface area contributed by atoms with Crippen molar-refractivity contribution >= 4 is 0 Å². The Morgan fingerprint density at radius 1 is 0.941 bits per heavy atom. The van der Waals surface area contributed by atoms with Gasteiger partial charge in [0.15, 0.2) is 0 Å². The molecule has 0 radical (unpaired) electrons. The van der Waals surface area contributed by atoms with Gasteiger partial charge in [0.05, 0.1) is 0 Å². The third-order valence-corrected chi connectivity index (χ3v) is 4.31. The third-order valence-electron chi connectivity index (χ3n) is 4.31. The largest absolute Gasteiger partial charge is 0.315 e. The van der Waals surface area contributed by atoms with E-state index in [1.165, 1.54) is 12.8 Å². The van der Waals surface area contributed by atoms with E-state index in [4.69, 9.17) is 0 Å². The highest BCUT2D eigenvalue weighted by Gasteiger charge is 2.44. The van der Waals surface area contributed by atoms with Gasteiger partial charge in [-0.25, -0.2) is 0 Å². The van der Waals surface area contributed by atoms with Gasteiger partial charge in [-0.1, -0.05) is 48.5 Å². The van der Waals surface area contributed by atoms with Crippen LogP contribution in [-0.2, 0) is 0 Å². The molecule has 17 heavy (non-hydrogen) atoms. The van der Waals surface area contributed by atoms with Crippen molar-refractivity contribution in [3.63, 3.8) is 0 Å². The first-order chi connectivity index (χ1) is 7.83. The number of nitrogens with one attached hydrogen (secondary N) is 1. The van der Waals surface area contributed by atoms with Crippen molar-refractivity contribution in [2.75, 3.05) is 20.1 Å². The quantitative estimate of drug-likeness (QED) is 0.735. The lowest BCUT2D eigenvalue weighted by Crippen LogP contribution is -2.64.